The molecule has 0 radical (unpaired) electrons. The van der Waals surface area contributed by atoms with Crippen molar-refractivity contribution in [3.05, 3.63) is 0 Å². The second kappa shape index (κ2) is 3.83. The molecule has 1 heterocycles. The van der Waals surface area contributed by atoms with E-state index in [0.29, 0.717) is 19.6 Å². The summed E-state index contributed by atoms with van der Waals surface area (Å²) < 4.78 is 10.4. The molecule has 1 fully saturated rings. The van der Waals surface area contributed by atoms with Gasteiger partial charge in [0.05, 0.1) is 19.1 Å². The quantitative estimate of drug-likeness (QED) is 0.614. The molecule has 64 valence electrons. The minimum atomic E-state index is -0.289. The molecule has 11 heavy (non-hydrogen) atoms. The first kappa shape index (κ1) is 8.68. The molecule has 1 aliphatic heterocycles. The van der Waals surface area contributed by atoms with Gasteiger partial charge in [-0.3, -0.25) is 4.79 Å². The Balaban J connectivity index is 2.39. The molecule has 1 aliphatic rings. The van der Waals surface area contributed by atoms with Crippen LogP contribution >= 0.6 is 0 Å². The van der Waals surface area contributed by atoms with Gasteiger partial charge in [0.2, 0.25) is 0 Å². The number of carbonyl (C=O) groups excluding carboxylic acids is 1. The van der Waals surface area contributed by atoms with Crippen LogP contribution in [-0.2, 0) is 14.3 Å². The Morgan fingerprint density at radius 3 is 2.55 bits per heavy atom. The average molecular weight is 158 g/mol. The molecule has 0 bridgehead atoms. The van der Waals surface area contributed by atoms with Crippen molar-refractivity contribution in [2.45, 2.75) is 26.6 Å². The predicted molar refractivity (Wildman–Crippen MR) is 40.2 cm³/mol. The summed E-state index contributed by atoms with van der Waals surface area (Å²) in [7, 11) is 0. The van der Waals surface area contributed by atoms with Crippen LogP contribution in [0.3, 0.4) is 0 Å². The van der Waals surface area contributed by atoms with Crippen LogP contribution in [0.25, 0.3) is 0 Å². The normalized spacial score (nSPS) is 22.0. The van der Waals surface area contributed by atoms with E-state index in [4.69, 9.17) is 9.47 Å². The Morgan fingerprint density at radius 2 is 2.09 bits per heavy atom. The summed E-state index contributed by atoms with van der Waals surface area (Å²) >= 11 is 0. The van der Waals surface area contributed by atoms with E-state index in [1.807, 2.05) is 13.8 Å². The van der Waals surface area contributed by atoms with E-state index in [1.165, 1.54) is 0 Å². The van der Waals surface area contributed by atoms with Gasteiger partial charge in [0.1, 0.15) is 5.78 Å². The molecule has 0 saturated carbocycles. The molecule has 0 aromatic carbocycles. The molecular weight excluding hydrogens is 144 g/mol. The van der Waals surface area contributed by atoms with Gasteiger partial charge in [0, 0.05) is 6.42 Å². The van der Waals surface area contributed by atoms with Crippen molar-refractivity contribution >= 4 is 5.78 Å². The van der Waals surface area contributed by atoms with Crippen LogP contribution in [0.1, 0.15) is 20.3 Å². The fourth-order valence-corrected chi connectivity index (χ4v) is 1.14. The Bertz CT molecular complexity index is 138. The minimum absolute atomic E-state index is 0.109. The fraction of sp³-hybridized carbons (Fsp3) is 0.875. The van der Waals surface area contributed by atoms with Gasteiger partial charge >= 0.3 is 0 Å². The van der Waals surface area contributed by atoms with Gasteiger partial charge in [0.25, 0.3) is 0 Å². The molecule has 0 N–H and O–H groups in total. The maximum atomic E-state index is 11.1. The monoisotopic (exact) mass is 158 g/mol. The number of Topliss-reactive ketones (excluding diaryl/α,β-unsaturated/α-hetero) is 1. The third kappa shape index (κ3) is 2.01. The van der Waals surface area contributed by atoms with E-state index in [-0.39, 0.29) is 18.0 Å². The molecule has 1 atom stereocenters. The van der Waals surface area contributed by atoms with Crippen LogP contribution < -0.4 is 0 Å². The van der Waals surface area contributed by atoms with E-state index in [2.05, 4.69) is 0 Å². The second-order valence-electron chi connectivity index (χ2n) is 2.72. The summed E-state index contributed by atoms with van der Waals surface area (Å²) in [6, 6.07) is 0. The molecule has 0 spiro atoms. The van der Waals surface area contributed by atoms with Crippen molar-refractivity contribution in [3.8, 4) is 0 Å². The lowest BCUT2D eigenvalue weighted by Gasteiger charge is -2.15. The SMILES string of the molecule is CCC(=O)C(C)C1OCCO1. The van der Waals surface area contributed by atoms with Crippen molar-refractivity contribution in [1.82, 2.24) is 0 Å². The third-order valence-electron chi connectivity index (χ3n) is 1.91. The highest BCUT2D eigenvalue weighted by Gasteiger charge is 2.27. The van der Waals surface area contributed by atoms with Crippen molar-refractivity contribution in [2.75, 3.05) is 13.2 Å². The smallest absolute Gasteiger partial charge is 0.167 e. The maximum absolute atomic E-state index is 11.1. The van der Waals surface area contributed by atoms with Crippen LogP contribution in [-0.4, -0.2) is 25.3 Å². The van der Waals surface area contributed by atoms with Crippen LogP contribution in [0.2, 0.25) is 0 Å². The van der Waals surface area contributed by atoms with Crippen molar-refractivity contribution in [3.63, 3.8) is 0 Å². The standard InChI is InChI=1S/C8H14O3/c1-3-7(9)6(2)8-10-4-5-11-8/h6,8H,3-5H2,1-2H3. The predicted octanol–water partition coefficient (Wildman–Crippen LogP) is 0.974. The highest BCUT2D eigenvalue weighted by atomic mass is 16.7. The first-order chi connectivity index (χ1) is 5.25. The molecule has 3 nitrogen and oxygen atoms in total. The number of hydrogen-bond acceptors (Lipinski definition) is 3. The van der Waals surface area contributed by atoms with Gasteiger partial charge in [-0.15, -0.1) is 0 Å². The van der Waals surface area contributed by atoms with E-state index < -0.39 is 0 Å². The zero-order valence-corrected chi connectivity index (χ0v) is 7.00. The lowest BCUT2D eigenvalue weighted by Crippen LogP contribution is -2.25. The topological polar surface area (TPSA) is 35.5 Å². The van der Waals surface area contributed by atoms with Crippen LogP contribution in [0.4, 0.5) is 0 Å². The van der Waals surface area contributed by atoms with E-state index in [0.717, 1.165) is 0 Å². The summed E-state index contributed by atoms with van der Waals surface area (Å²) in [5.74, 6) is 0.0967. The number of hydrogen-bond donors (Lipinski definition) is 0. The zero-order chi connectivity index (χ0) is 8.27. The molecule has 0 aliphatic carbocycles. The molecule has 0 amide bonds. The Hall–Kier alpha value is -0.410. The van der Waals surface area contributed by atoms with Gasteiger partial charge in [0.15, 0.2) is 6.29 Å². The number of rotatable bonds is 3. The summed E-state index contributed by atoms with van der Waals surface area (Å²) in [6.45, 7) is 4.94. The van der Waals surface area contributed by atoms with Crippen LogP contribution in [0.15, 0.2) is 0 Å². The molecular formula is C8H14O3. The number of ketones is 1. The molecule has 0 aromatic rings. The molecule has 1 unspecified atom stereocenters. The lowest BCUT2D eigenvalue weighted by atomic mass is 10.0. The van der Waals surface area contributed by atoms with Gasteiger partial charge < -0.3 is 9.47 Å². The Labute approximate surface area is 66.7 Å². The van der Waals surface area contributed by atoms with Gasteiger partial charge in [-0.1, -0.05) is 13.8 Å². The summed E-state index contributed by atoms with van der Waals surface area (Å²) in [5.41, 5.74) is 0. The zero-order valence-electron chi connectivity index (χ0n) is 7.00. The summed E-state index contributed by atoms with van der Waals surface area (Å²) in [5, 5.41) is 0. The van der Waals surface area contributed by atoms with E-state index in [1.54, 1.807) is 0 Å². The van der Waals surface area contributed by atoms with Gasteiger partial charge in [-0.05, 0) is 0 Å². The summed E-state index contributed by atoms with van der Waals surface area (Å²) in [6.07, 6.45) is 0.271. The van der Waals surface area contributed by atoms with Gasteiger partial charge in [-0.25, -0.2) is 0 Å². The first-order valence-electron chi connectivity index (χ1n) is 4.01. The Morgan fingerprint density at radius 1 is 1.55 bits per heavy atom. The van der Waals surface area contributed by atoms with Gasteiger partial charge in [-0.2, -0.15) is 0 Å². The number of ether oxygens (including phenoxy) is 2. The van der Waals surface area contributed by atoms with Crippen LogP contribution in [0.5, 0.6) is 0 Å². The third-order valence-corrected chi connectivity index (χ3v) is 1.91. The fourth-order valence-electron chi connectivity index (χ4n) is 1.14. The maximum Gasteiger partial charge on any atom is 0.167 e. The molecule has 3 heteroatoms. The van der Waals surface area contributed by atoms with E-state index >= 15 is 0 Å². The minimum Gasteiger partial charge on any atom is -0.350 e. The largest absolute Gasteiger partial charge is 0.350 e. The van der Waals surface area contributed by atoms with Crippen LogP contribution in [0, 0.1) is 5.92 Å². The molecule has 1 rings (SSSR count). The Kier molecular flexibility index (Phi) is 3.02. The second-order valence-corrected chi connectivity index (χ2v) is 2.72. The average Bonchev–Trinajstić information content (AvgIpc) is 2.53. The van der Waals surface area contributed by atoms with Crippen molar-refractivity contribution in [2.24, 2.45) is 5.92 Å². The molecule has 0 aromatic heterocycles. The van der Waals surface area contributed by atoms with Crippen molar-refractivity contribution in [1.29, 1.82) is 0 Å². The number of carbonyl (C=O) groups is 1. The van der Waals surface area contributed by atoms with Crippen molar-refractivity contribution < 1.29 is 14.3 Å². The van der Waals surface area contributed by atoms with E-state index in [9.17, 15) is 4.79 Å². The first-order valence-corrected chi connectivity index (χ1v) is 4.01. The summed E-state index contributed by atoms with van der Waals surface area (Å²) in [4.78, 5) is 11.1. The lowest BCUT2D eigenvalue weighted by molar-refractivity contribution is -0.137. The highest BCUT2D eigenvalue weighted by molar-refractivity contribution is 5.80. The molecule has 1 saturated heterocycles. The highest BCUT2D eigenvalue weighted by Crippen LogP contribution is 2.15.